The number of carbonyl (C=O) groups excluding carboxylic acids is 1. The molecule has 1 aliphatic rings. The van der Waals surface area contributed by atoms with E-state index in [1.807, 2.05) is 55.2 Å². The van der Waals surface area contributed by atoms with Crippen LogP contribution in [0.4, 0.5) is 0 Å². The maximum Gasteiger partial charge on any atom is 0.225 e. The van der Waals surface area contributed by atoms with Gasteiger partial charge in [-0.05, 0) is 5.56 Å². The van der Waals surface area contributed by atoms with Crippen molar-refractivity contribution in [2.45, 2.75) is 12.5 Å². The molecule has 0 saturated carbocycles. The maximum atomic E-state index is 12.7. The summed E-state index contributed by atoms with van der Waals surface area (Å²) >= 11 is 1.60. The van der Waals surface area contributed by atoms with E-state index in [4.69, 9.17) is 0 Å². The summed E-state index contributed by atoms with van der Waals surface area (Å²) in [6.07, 6.45) is 3.84. The Morgan fingerprint density at radius 1 is 1.35 bits per heavy atom. The number of aromatic nitrogens is 3. The van der Waals surface area contributed by atoms with E-state index in [2.05, 4.69) is 20.7 Å². The zero-order valence-electron chi connectivity index (χ0n) is 14.6. The highest BCUT2D eigenvalue weighted by Gasteiger charge is 2.34. The lowest BCUT2D eigenvalue weighted by molar-refractivity contribution is -0.125. The lowest BCUT2D eigenvalue weighted by Gasteiger charge is -2.16. The first kappa shape index (κ1) is 16.9. The van der Waals surface area contributed by atoms with E-state index in [-0.39, 0.29) is 17.7 Å². The lowest BCUT2D eigenvalue weighted by atomic mass is 9.90. The predicted octanol–water partition coefficient (Wildman–Crippen LogP) is 2.16. The molecule has 1 fully saturated rings. The molecule has 0 radical (unpaired) electrons. The second-order valence-electron chi connectivity index (χ2n) is 6.55. The Labute approximate surface area is 156 Å². The number of hydrogen-bond acceptors (Lipinski definition) is 5. The fraction of sp³-hybridized carbons (Fsp3) is 0.316. The van der Waals surface area contributed by atoms with Crippen LogP contribution in [0.5, 0.6) is 0 Å². The van der Waals surface area contributed by atoms with E-state index in [0.717, 1.165) is 28.4 Å². The molecule has 1 amide bonds. The summed E-state index contributed by atoms with van der Waals surface area (Å²) in [5.41, 5.74) is 3.11. The van der Waals surface area contributed by atoms with Gasteiger partial charge >= 0.3 is 0 Å². The Balaban J connectivity index is 1.39. The van der Waals surface area contributed by atoms with Crippen molar-refractivity contribution in [3.8, 4) is 10.6 Å². The van der Waals surface area contributed by atoms with Crippen molar-refractivity contribution in [3.05, 3.63) is 59.4 Å². The summed E-state index contributed by atoms with van der Waals surface area (Å²) < 4.78 is 1.78. The van der Waals surface area contributed by atoms with Crippen LogP contribution >= 0.6 is 11.3 Å². The van der Waals surface area contributed by atoms with Gasteiger partial charge in [-0.1, -0.05) is 30.3 Å². The Morgan fingerprint density at radius 2 is 2.19 bits per heavy atom. The summed E-state index contributed by atoms with van der Waals surface area (Å²) in [6, 6.07) is 10.1. The third kappa shape index (κ3) is 3.54. The van der Waals surface area contributed by atoms with Crippen LogP contribution in [0, 0.1) is 5.92 Å². The second kappa shape index (κ2) is 7.39. The Bertz CT molecular complexity index is 888. The number of amides is 1. The molecule has 2 aromatic heterocycles. The third-order valence-electron chi connectivity index (χ3n) is 4.72. The first-order chi connectivity index (χ1) is 12.7. The van der Waals surface area contributed by atoms with Crippen molar-refractivity contribution in [1.29, 1.82) is 0 Å². The predicted molar refractivity (Wildman–Crippen MR) is 102 cm³/mol. The highest BCUT2D eigenvalue weighted by atomic mass is 32.1. The topological polar surface area (TPSA) is 71.8 Å². The largest absolute Gasteiger partial charge is 0.350 e. The number of benzene rings is 1. The van der Waals surface area contributed by atoms with Crippen LogP contribution in [0.15, 0.2) is 48.1 Å². The number of nitrogens with one attached hydrogen (secondary N) is 2. The number of rotatable bonds is 5. The average molecular weight is 367 g/mol. The van der Waals surface area contributed by atoms with Gasteiger partial charge in [0.2, 0.25) is 5.91 Å². The minimum atomic E-state index is -0.0774. The van der Waals surface area contributed by atoms with Gasteiger partial charge in [0, 0.05) is 43.2 Å². The molecule has 26 heavy (non-hydrogen) atoms. The molecule has 0 aliphatic carbocycles. The van der Waals surface area contributed by atoms with Crippen LogP contribution in [0.25, 0.3) is 10.6 Å². The Hall–Kier alpha value is -2.51. The zero-order chi connectivity index (χ0) is 17.9. The van der Waals surface area contributed by atoms with Crippen LogP contribution in [0.2, 0.25) is 0 Å². The smallest absolute Gasteiger partial charge is 0.225 e. The molecule has 0 spiro atoms. The molecule has 2 N–H and O–H groups in total. The third-order valence-corrected chi connectivity index (χ3v) is 5.66. The molecule has 3 heterocycles. The van der Waals surface area contributed by atoms with Crippen LogP contribution in [-0.2, 0) is 18.4 Å². The minimum absolute atomic E-state index is 0.0677. The highest BCUT2D eigenvalue weighted by molar-refractivity contribution is 7.13. The van der Waals surface area contributed by atoms with E-state index in [1.54, 1.807) is 16.0 Å². The van der Waals surface area contributed by atoms with Crippen molar-refractivity contribution < 1.29 is 4.79 Å². The number of nitrogens with zero attached hydrogens (tertiary/aromatic N) is 3. The summed E-state index contributed by atoms with van der Waals surface area (Å²) in [4.78, 5) is 17.3. The molecule has 0 unspecified atom stereocenters. The summed E-state index contributed by atoms with van der Waals surface area (Å²) in [5.74, 6) is 0.156. The summed E-state index contributed by atoms with van der Waals surface area (Å²) in [6.45, 7) is 1.95. The van der Waals surface area contributed by atoms with Gasteiger partial charge in [-0.15, -0.1) is 11.3 Å². The monoisotopic (exact) mass is 367 g/mol. The van der Waals surface area contributed by atoms with Crippen molar-refractivity contribution >= 4 is 17.2 Å². The van der Waals surface area contributed by atoms with E-state index in [9.17, 15) is 4.79 Å². The quantitative estimate of drug-likeness (QED) is 0.725. The Morgan fingerprint density at radius 3 is 2.96 bits per heavy atom. The maximum absolute atomic E-state index is 12.7. The number of carbonyl (C=O) groups is 1. The molecule has 0 bridgehead atoms. The van der Waals surface area contributed by atoms with Gasteiger partial charge in [0.25, 0.3) is 0 Å². The van der Waals surface area contributed by atoms with Crippen molar-refractivity contribution in [2.75, 3.05) is 13.1 Å². The molecule has 1 aliphatic heterocycles. The lowest BCUT2D eigenvalue weighted by Crippen LogP contribution is -2.34. The van der Waals surface area contributed by atoms with E-state index < -0.39 is 0 Å². The van der Waals surface area contributed by atoms with Gasteiger partial charge < -0.3 is 10.6 Å². The van der Waals surface area contributed by atoms with E-state index in [1.165, 1.54) is 0 Å². The molecule has 6 nitrogen and oxygen atoms in total. The van der Waals surface area contributed by atoms with Gasteiger partial charge in [-0.3, -0.25) is 9.48 Å². The van der Waals surface area contributed by atoms with Crippen molar-refractivity contribution in [2.24, 2.45) is 13.0 Å². The van der Waals surface area contributed by atoms with E-state index >= 15 is 0 Å². The molecular formula is C19H21N5OS. The second-order valence-corrected chi connectivity index (χ2v) is 7.40. The van der Waals surface area contributed by atoms with E-state index in [0.29, 0.717) is 13.1 Å². The normalized spacial score (nSPS) is 19.6. The summed E-state index contributed by atoms with van der Waals surface area (Å²) in [7, 11) is 1.90. The molecule has 1 aromatic carbocycles. The van der Waals surface area contributed by atoms with Crippen molar-refractivity contribution in [3.63, 3.8) is 0 Å². The average Bonchev–Trinajstić information content (AvgIpc) is 3.40. The van der Waals surface area contributed by atoms with Gasteiger partial charge in [-0.2, -0.15) is 5.10 Å². The van der Waals surface area contributed by atoms with Gasteiger partial charge in [0.05, 0.1) is 24.4 Å². The fourth-order valence-electron chi connectivity index (χ4n) is 3.35. The fourth-order valence-corrected chi connectivity index (χ4v) is 4.17. The SMILES string of the molecule is Cn1cc([C@H]2CNC[C@@H]2C(=O)NCc2csc(-c3ccccc3)n2)cn1. The van der Waals surface area contributed by atoms with Crippen molar-refractivity contribution in [1.82, 2.24) is 25.4 Å². The standard InChI is InChI=1S/C19H21N5OS/c1-24-11-14(7-22-24)16-9-20-10-17(16)18(25)21-8-15-12-26-19(23-15)13-5-3-2-4-6-13/h2-7,11-12,16-17,20H,8-10H2,1H3,(H,21,25)/t16-,17+/m1/s1. The van der Waals surface area contributed by atoms with Crippen LogP contribution < -0.4 is 10.6 Å². The molecule has 3 aromatic rings. The van der Waals surface area contributed by atoms with Crippen LogP contribution in [-0.4, -0.2) is 33.8 Å². The zero-order valence-corrected chi connectivity index (χ0v) is 15.4. The van der Waals surface area contributed by atoms with Crippen LogP contribution in [0.1, 0.15) is 17.2 Å². The number of hydrogen-bond donors (Lipinski definition) is 2. The van der Waals surface area contributed by atoms with Crippen LogP contribution in [0.3, 0.4) is 0 Å². The molecule has 2 atom stereocenters. The molecule has 4 rings (SSSR count). The minimum Gasteiger partial charge on any atom is -0.350 e. The first-order valence-electron chi connectivity index (χ1n) is 8.67. The molecule has 134 valence electrons. The number of aryl methyl sites for hydroxylation is 1. The first-order valence-corrected chi connectivity index (χ1v) is 9.55. The van der Waals surface area contributed by atoms with Gasteiger partial charge in [0.1, 0.15) is 5.01 Å². The number of thiazole rings is 1. The van der Waals surface area contributed by atoms with Gasteiger partial charge in [-0.25, -0.2) is 4.98 Å². The Kier molecular flexibility index (Phi) is 4.81. The molecule has 1 saturated heterocycles. The van der Waals surface area contributed by atoms with Gasteiger partial charge in [0.15, 0.2) is 0 Å². The molecular weight excluding hydrogens is 346 g/mol. The summed E-state index contributed by atoms with van der Waals surface area (Å²) in [5, 5.41) is 13.6. The highest BCUT2D eigenvalue weighted by Crippen LogP contribution is 2.28. The molecule has 7 heteroatoms.